The summed E-state index contributed by atoms with van der Waals surface area (Å²) in [6, 6.07) is 3.87. The van der Waals surface area contributed by atoms with Crippen molar-refractivity contribution >= 4 is 17.3 Å². The number of nitrogens with zero attached hydrogens (tertiary/aromatic N) is 1. The van der Waals surface area contributed by atoms with Crippen LogP contribution in [0.3, 0.4) is 0 Å². The molecule has 2 fully saturated rings. The first kappa shape index (κ1) is 17.9. The van der Waals surface area contributed by atoms with E-state index in [-0.39, 0.29) is 11.8 Å². The molecular weight excluding hydrogens is 320 g/mol. The van der Waals surface area contributed by atoms with E-state index in [1.807, 2.05) is 26.0 Å². The van der Waals surface area contributed by atoms with Gasteiger partial charge in [-0.25, -0.2) is 0 Å². The first-order chi connectivity index (χ1) is 12.1. The van der Waals surface area contributed by atoms with Crippen molar-refractivity contribution in [3.63, 3.8) is 0 Å². The Morgan fingerprint density at radius 3 is 2.44 bits per heavy atom. The summed E-state index contributed by atoms with van der Waals surface area (Å²) < 4.78 is 17.1. The van der Waals surface area contributed by atoms with Gasteiger partial charge in [0, 0.05) is 31.1 Å². The molecule has 6 nitrogen and oxygen atoms in total. The fourth-order valence-corrected chi connectivity index (χ4v) is 3.16. The summed E-state index contributed by atoms with van der Waals surface area (Å²) in [7, 11) is 0. The van der Waals surface area contributed by atoms with Crippen molar-refractivity contribution in [1.82, 2.24) is 0 Å². The van der Waals surface area contributed by atoms with Crippen LogP contribution >= 0.6 is 0 Å². The van der Waals surface area contributed by atoms with Gasteiger partial charge in [0.2, 0.25) is 5.91 Å². The van der Waals surface area contributed by atoms with Gasteiger partial charge in [0.25, 0.3) is 0 Å². The average molecular weight is 348 g/mol. The first-order valence-corrected chi connectivity index (χ1v) is 9.21. The number of carbonyl (C=O) groups is 1. The number of carbonyl (C=O) groups excluding carboxylic acids is 1. The van der Waals surface area contributed by atoms with Crippen LogP contribution in [0, 0.1) is 11.8 Å². The molecule has 2 aliphatic rings. The lowest BCUT2D eigenvalue weighted by Crippen LogP contribution is -2.36. The average Bonchev–Trinajstić information content (AvgIpc) is 3.35. The zero-order valence-corrected chi connectivity index (χ0v) is 15.3. The van der Waals surface area contributed by atoms with Gasteiger partial charge in [0.05, 0.1) is 37.8 Å². The second-order valence-corrected chi connectivity index (χ2v) is 6.59. The predicted molar refractivity (Wildman–Crippen MR) is 97.7 cm³/mol. The molecule has 6 heteroatoms. The van der Waals surface area contributed by atoms with Crippen LogP contribution < -0.4 is 19.7 Å². The van der Waals surface area contributed by atoms with Crippen molar-refractivity contribution in [2.24, 2.45) is 11.8 Å². The molecule has 3 rings (SSSR count). The molecule has 0 bridgehead atoms. The van der Waals surface area contributed by atoms with E-state index >= 15 is 0 Å². The molecule has 2 atom stereocenters. The summed E-state index contributed by atoms with van der Waals surface area (Å²) in [6.45, 7) is 10.1. The second kappa shape index (κ2) is 7.95. The summed E-state index contributed by atoms with van der Waals surface area (Å²) in [6.07, 6.45) is 0.958. The maximum Gasteiger partial charge on any atom is 0.227 e. The number of ether oxygens (including phenoxy) is 3. The van der Waals surface area contributed by atoms with Crippen molar-refractivity contribution in [1.29, 1.82) is 0 Å². The maximum atomic E-state index is 12.4. The highest BCUT2D eigenvalue weighted by molar-refractivity contribution is 5.96. The third-order valence-corrected chi connectivity index (χ3v) is 4.72. The van der Waals surface area contributed by atoms with Crippen molar-refractivity contribution in [2.75, 3.05) is 49.7 Å². The lowest BCUT2D eigenvalue weighted by Gasteiger charge is -2.31. The molecule has 1 aliphatic carbocycles. The zero-order valence-electron chi connectivity index (χ0n) is 15.3. The summed E-state index contributed by atoms with van der Waals surface area (Å²) >= 11 is 0. The van der Waals surface area contributed by atoms with Gasteiger partial charge in [-0.2, -0.15) is 0 Å². The van der Waals surface area contributed by atoms with Crippen LogP contribution in [0.4, 0.5) is 11.4 Å². The number of benzene rings is 1. The molecule has 0 spiro atoms. The monoisotopic (exact) mass is 348 g/mol. The normalized spacial score (nSPS) is 22.4. The van der Waals surface area contributed by atoms with Crippen molar-refractivity contribution in [3.05, 3.63) is 12.1 Å². The van der Waals surface area contributed by atoms with Crippen LogP contribution in [0.25, 0.3) is 0 Å². The minimum absolute atomic E-state index is 0.0648. The first-order valence-electron chi connectivity index (χ1n) is 9.21. The van der Waals surface area contributed by atoms with E-state index in [4.69, 9.17) is 14.2 Å². The van der Waals surface area contributed by atoms with Crippen LogP contribution in [-0.4, -0.2) is 45.4 Å². The van der Waals surface area contributed by atoms with Crippen LogP contribution in [0.15, 0.2) is 12.1 Å². The predicted octanol–water partition coefficient (Wildman–Crippen LogP) is 2.92. The number of rotatable bonds is 7. The Morgan fingerprint density at radius 2 is 1.84 bits per heavy atom. The van der Waals surface area contributed by atoms with Crippen molar-refractivity contribution in [3.8, 4) is 11.5 Å². The highest BCUT2D eigenvalue weighted by Crippen LogP contribution is 2.42. The Labute approximate surface area is 149 Å². The number of amides is 1. The van der Waals surface area contributed by atoms with Gasteiger partial charge < -0.3 is 24.4 Å². The number of morpholine rings is 1. The van der Waals surface area contributed by atoms with Crippen LogP contribution in [0.1, 0.15) is 27.2 Å². The van der Waals surface area contributed by atoms with Gasteiger partial charge in [-0.3, -0.25) is 4.79 Å². The Kier molecular flexibility index (Phi) is 5.68. The van der Waals surface area contributed by atoms with Crippen LogP contribution in [0.2, 0.25) is 0 Å². The summed E-state index contributed by atoms with van der Waals surface area (Å²) in [5.41, 5.74) is 1.68. The quantitative estimate of drug-likeness (QED) is 0.821. The van der Waals surface area contributed by atoms with E-state index in [0.29, 0.717) is 43.8 Å². The van der Waals surface area contributed by atoms with Crippen LogP contribution in [-0.2, 0) is 9.53 Å². The standard InChI is InChI=1S/C19H28N2O4/c1-4-24-17-12-16(21-6-8-23-9-7-21)18(25-5-2)11-15(17)20-19(22)14-10-13(14)3/h11-14H,4-10H2,1-3H3,(H,20,22)/t13-,14+/m1/s1. The summed E-state index contributed by atoms with van der Waals surface area (Å²) in [5, 5.41) is 3.03. The smallest absolute Gasteiger partial charge is 0.227 e. The van der Waals surface area contributed by atoms with Crippen molar-refractivity contribution < 1.29 is 19.0 Å². The molecule has 0 aromatic heterocycles. The third-order valence-electron chi connectivity index (χ3n) is 4.72. The lowest BCUT2D eigenvalue weighted by atomic mass is 10.2. The topological polar surface area (TPSA) is 60.0 Å². The minimum atomic E-state index is 0.0648. The lowest BCUT2D eigenvalue weighted by molar-refractivity contribution is -0.117. The Morgan fingerprint density at radius 1 is 1.20 bits per heavy atom. The van der Waals surface area contributed by atoms with Gasteiger partial charge in [-0.05, 0) is 26.2 Å². The number of anilines is 2. The Bertz CT molecular complexity index is 614. The molecule has 0 radical (unpaired) electrons. The minimum Gasteiger partial charge on any atom is -0.492 e. The molecule has 1 heterocycles. The second-order valence-electron chi connectivity index (χ2n) is 6.59. The van der Waals surface area contributed by atoms with Gasteiger partial charge in [0.1, 0.15) is 11.5 Å². The molecule has 0 unspecified atom stereocenters. The fraction of sp³-hybridized carbons (Fsp3) is 0.632. The molecule has 1 amide bonds. The molecule has 138 valence electrons. The molecule has 1 saturated heterocycles. The summed E-state index contributed by atoms with van der Waals surface area (Å²) in [5.74, 6) is 2.11. The van der Waals surface area contributed by atoms with Gasteiger partial charge in [-0.15, -0.1) is 0 Å². The Hall–Kier alpha value is -1.95. The molecule has 25 heavy (non-hydrogen) atoms. The highest BCUT2D eigenvalue weighted by atomic mass is 16.5. The molecule has 1 aliphatic heterocycles. The van der Waals surface area contributed by atoms with E-state index in [9.17, 15) is 4.79 Å². The third kappa shape index (κ3) is 4.18. The van der Waals surface area contributed by atoms with Gasteiger partial charge in [0.15, 0.2) is 0 Å². The zero-order chi connectivity index (χ0) is 17.8. The summed E-state index contributed by atoms with van der Waals surface area (Å²) in [4.78, 5) is 14.6. The largest absolute Gasteiger partial charge is 0.492 e. The molecule has 1 aromatic rings. The molecule has 1 aromatic carbocycles. The van der Waals surface area contributed by atoms with E-state index in [1.54, 1.807) is 0 Å². The van der Waals surface area contributed by atoms with E-state index < -0.39 is 0 Å². The molecule has 1 N–H and O–H groups in total. The van der Waals surface area contributed by atoms with Crippen molar-refractivity contribution in [2.45, 2.75) is 27.2 Å². The van der Waals surface area contributed by atoms with Crippen LogP contribution in [0.5, 0.6) is 11.5 Å². The SMILES string of the molecule is CCOc1cc(N2CCOCC2)c(OCC)cc1NC(=O)[C@H]1C[C@H]1C. The number of hydrogen-bond acceptors (Lipinski definition) is 5. The Balaban J connectivity index is 1.89. The molecular formula is C19H28N2O4. The van der Waals surface area contributed by atoms with Gasteiger partial charge >= 0.3 is 0 Å². The fourth-order valence-electron chi connectivity index (χ4n) is 3.16. The number of nitrogens with one attached hydrogen (secondary N) is 1. The van der Waals surface area contributed by atoms with Gasteiger partial charge in [-0.1, -0.05) is 6.92 Å². The van der Waals surface area contributed by atoms with E-state index in [0.717, 1.165) is 30.9 Å². The van der Waals surface area contributed by atoms with E-state index in [2.05, 4.69) is 17.1 Å². The maximum absolute atomic E-state index is 12.4. The highest BCUT2D eigenvalue weighted by Gasteiger charge is 2.39. The molecule has 1 saturated carbocycles. The number of hydrogen-bond donors (Lipinski definition) is 1. The van der Waals surface area contributed by atoms with E-state index in [1.165, 1.54) is 0 Å².